The summed E-state index contributed by atoms with van der Waals surface area (Å²) in [4.78, 5) is 10.5. The summed E-state index contributed by atoms with van der Waals surface area (Å²) >= 11 is 0. The van der Waals surface area contributed by atoms with E-state index in [1.807, 2.05) is 0 Å². The van der Waals surface area contributed by atoms with Crippen LogP contribution in [0.4, 0.5) is 0 Å². The number of Topliss-reactive ketones (excluding diaryl/α,β-unsaturated/α-hetero) is 1. The molecule has 22 heavy (non-hydrogen) atoms. The molecule has 0 fully saturated rings. The Morgan fingerprint density at radius 2 is 1.45 bits per heavy atom. The van der Waals surface area contributed by atoms with Crippen molar-refractivity contribution in [3.05, 3.63) is 0 Å². The van der Waals surface area contributed by atoms with Crippen molar-refractivity contribution in [3.63, 3.8) is 0 Å². The molecule has 0 bridgehead atoms. The van der Waals surface area contributed by atoms with Crippen molar-refractivity contribution in [3.8, 4) is 0 Å². The van der Waals surface area contributed by atoms with Gasteiger partial charge in [-0.2, -0.15) is 10.2 Å². The first kappa shape index (κ1) is 26.1. The topological polar surface area (TPSA) is 100 Å². The molecule has 0 radical (unpaired) electrons. The van der Waals surface area contributed by atoms with Gasteiger partial charge in [0.25, 0.3) is 0 Å². The number of nitrogens with one attached hydrogen (secondary N) is 1. The molecule has 6 nitrogen and oxygen atoms in total. The van der Waals surface area contributed by atoms with E-state index in [2.05, 4.69) is 63.0 Å². The standard InChI is InChI=1S/C8H18N2O.C7H14O.CH6N2/c1-7(2,3)6-8(4,11)10-9-5;1-6(8)5-7(2,3)4;1-3-2/h11H,6H2,1-5H3;5H2,1-4H3;3H,2H2,1H3. The van der Waals surface area contributed by atoms with Gasteiger partial charge in [0, 0.05) is 19.9 Å². The molecule has 0 aliphatic carbocycles. The van der Waals surface area contributed by atoms with Crippen LogP contribution in [0.2, 0.25) is 0 Å². The lowest BCUT2D eigenvalue weighted by atomic mass is 9.87. The quantitative estimate of drug-likeness (QED) is 0.422. The Hall–Kier alpha value is -0.850. The number of rotatable bonds is 3. The average Bonchev–Trinajstić information content (AvgIpc) is 2.09. The van der Waals surface area contributed by atoms with Gasteiger partial charge in [-0.3, -0.25) is 11.3 Å². The summed E-state index contributed by atoms with van der Waals surface area (Å²) in [5, 5.41) is 16.9. The molecule has 6 heteroatoms. The van der Waals surface area contributed by atoms with Crippen LogP contribution in [0, 0.1) is 10.8 Å². The Labute approximate surface area is 136 Å². The zero-order chi connectivity index (χ0) is 18.6. The number of hydrogen-bond donors (Lipinski definition) is 3. The summed E-state index contributed by atoms with van der Waals surface area (Å²) in [7, 11) is 3.22. The minimum atomic E-state index is -1.01. The van der Waals surface area contributed by atoms with Gasteiger partial charge in [-0.15, -0.1) is 0 Å². The second-order valence-electron chi connectivity index (χ2n) is 7.98. The summed E-state index contributed by atoms with van der Waals surface area (Å²) in [5.41, 5.74) is 1.50. The van der Waals surface area contributed by atoms with Crippen LogP contribution in [0.15, 0.2) is 10.2 Å². The van der Waals surface area contributed by atoms with Crippen molar-refractivity contribution >= 4 is 5.78 Å². The molecule has 0 aliphatic rings. The minimum Gasteiger partial charge on any atom is -0.368 e. The van der Waals surface area contributed by atoms with E-state index in [1.54, 1.807) is 27.9 Å². The van der Waals surface area contributed by atoms with Crippen molar-refractivity contribution in [2.24, 2.45) is 26.9 Å². The van der Waals surface area contributed by atoms with E-state index >= 15 is 0 Å². The van der Waals surface area contributed by atoms with Crippen LogP contribution in [0.25, 0.3) is 0 Å². The third-order valence-corrected chi connectivity index (χ3v) is 1.96. The lowest BCUT2D eigenvalue weighted by molar-refractivity contribution is -0.118. The van der Waals surface area contributed by atoms with Crippen molar-refractivity contribution in [2.75, 3.05) is 14.1 Å². The maximum Gasteiger partial charge on any atom is 0.173 e. The smallest absolute Gasteiger partial charge is 0.173 e. The minimum absolute atomic E-state index is 0.0810. The fraction of sp³-hybridized carbons (Fsp3) is 0.938. The second-order valence-corrected chi connectivity index (χ2v) is 7.98. The lowest BCUT2D eigenvalue weighted by Crippen LogP contribution is -2.27. The second kappa shape index (κ2) is 11.7. The maximum atomic E-state index is 10.5. The zero-order valence-corrected chi connectivity index (χ0v) is 16.2. The lowest BCUT2D eigenvalue weighted by Gasteiger charge is -2.26. The van der Waals surface area contributed by atoms with Gasteiger partial charge >= 0.3 is 0 Å². The van der Waals surface area contributed by atoms with E-state index in [1.165, 1.54) is 0 Å². The predicted octanol–water partition coefficient (Wildman–Crippen LogP) is 3.30. The van der Waals surface area contributed by atoms with Gasteiger partial charge in [-0.1, -0.05) is 41.5 Å². The van der Waals surface area contributed by atoms with Gasteiger partial charge in [0.1, 0.15) is 5.78 Å². The summed E-state index contributed by atoms with van der Waals surface area (Å²) in [6, 6.07) is 0. The third-order valence-electron chi connectivity index (χ3n) is 1.96. The number of nitrogens with zero attached hydrogens (tertiary/aromatic N) is 2. The molecule has 0 aromatic heterocycles. The molecule has 0 aliphatic heterocycles. The van der Waals surface area contributed by atoms with Gasteiger partial charge < -0.3 is 9.90 Å². The Morgan fingerprint density at radius 3 is 1.59 bits per heavy atom. The van der Waals surface area contributed by atoms with Gasteiger partial charge in [-0.05, 0) is 31.7 Å². The highest BCUT2D eigenvalue weighted by Crippen LogP contribution is 2.27. The molecule has 0 heterocycles. The number of ketones is 1. The Bertz CT molecular complexity index is 313. The van der Waals surface area contributed by atoms with E-state index in [0.717, 1.165) is 0 Å². The monoisotopic (exact) mass is 318 g/mol. The van der Waals surface area contributed by atoms with Gasteiger partial charge in [-0.25, -0.2) is 0 Å². The van der Waals surface area contributed by atoms with Crippen LogP contribution >= 0.6 is 0 Å². The van der Waals surface area contributed by atoms with Crippen molar-refractivity contribution in [1.82, 2.24) is 5.43 Å². The maximum absolute atomic E-state index is 10.5. The Balaban J connectivity index is -0.000000288. The first-order valence-electron chi connectivity index (χ1n) is 7.50. The molecule has 1 unspecified atom stereocenters. The molecule has 0 saturated heterocycles. The zero-order valence-electron chi connectivity index (χ0n) is 16.2. The molecule has 134 valence electrons. The SMILES string of the molecule is CC(=O)CC(C)(C)C.CN=NC(C)(O)CC(C)(C)C.CNN. The van der Waals surface area contributed by atoms with Gasteiger partial charge in [0.15, 0.2) is 5.72 Å². The van der Waals surface area contributed by atoms with E-state index < -0.39 is 5.72 Å². The first-order valence-corrected chi connectivity index (χ1v) is 7.50. The summed E-state index contributed by atoms with van der Waals surface area (Å²) in [6.45, 7) is 15.7. The molecule has 0 aromatic rings. The molecule has 4 N–H and O–H groups in total. The molecule has 0 spiro atoms. The Kier molecular flexibility index (Phi) is 13.8. The highest BCUT2D eigenvalue weighted by atomic mass is 16.3. The number of nitrogens with two attached hydrogens (primary N) is 1. The van der Waals surface area contributed by atoms with E-state index in [-0.39, 0.29) is 16.6 Å². The summed E-state index contributed by atoms with van der Waals surface area (Å²) in [6.07, 6.45) is 1.31. The van der Waals surface area contributed by atoms with E-state index in [9.17, 15) is 9.90 Å². The summed E-state index contributed by atoms with van der Waals surface area (Å²) < 4.78 is 0. The van der Waals surface area contributed by atoms with Crippen LogP contribution in [-0.4, -0.2) is 30.7 Å². The molecule has 1 atom stereocenters. The van der Waals surface area contributed by atoms with Crippen molar-refractivity contribution < 1.29 is 9.90 Å². The largest absolute Gasteiger partial charge is 0.368 e. The third kappa shape index (κ3) is 31.5. The van der Waals surface area contributed by atoms with Crippen molar-refractivity contribution in [1.29, 1.82) is 0 Å². The van der Waals surface area contributed by atoms with E-state index in [4.69, 9.17) is 0 Å². The fourth-order valence-corrected chi connectivity index (χ4v) is 2.00. The molecule has 0 rings (SSSR count). The van der Waals surface area contributed by atoms with Gasteiger partial charge in [0.05, 0.1) is 0 Å². The van der Waals surface area contributed by atoms with Crippen LogP contribution in [-0.2, 0) is 4.79 Å². The normalized spacial score (nSPS) is 14.4. The van der Waals surface area contributed by atoms with Crippen LogP contribution in [0.1, 0.15) is 68.2 Å². The van der Waals surface area contributed by atoms with Crippen LogP contribution < -0.4 is 11.3 Å². The Morgan fingerprint density at radius 1 is 1.09 bits per heavy atom. The van der Waals surface area contributed by atoms with Gasteiger partial charge in [0.2, 0.25) is 0 Å². The highest BCUT2D eigenvalue weighted by Gasteiger charge is 2.26. The fourth-order valence-electron chi connectivity index (χ4n) is 2.00. The predicted molar refractivity (Wildman–Crippen MR) is 93.5 cm³/mol. The van der Waals surface area contributed by atoms with Crippen LogP contribution in [0.3, 0.4) is 0 Å². The molecule has 0 saturated carbocycles. The molecule has 0 aromatic carbocycles. The number of carbonyl (C=O) groups is 1. The van der Waals surface area contributed by atoms with Crippen molar-refractivity contribution in [2.45, 2.75) is 74.0 Å². The van der Waals surface area contributed by atoms with E-state index in [0.29, 0.717) is 12.8 Å². The number of azo groups is 1. The first-order chi connectivity index (χ1) is 9.60. The average molecular weight is 319 g/mol. The molecular weight excluding hydrogens is 280 g/mol. The molecule has 0 amide bonds. The van der Waals surface area contributed by atoms with Crippen LogP contribution in [0.5, 0.6) is 0 Å². The number of carbonyl (C=O) groups excluding carboxylic acids is 1. The highest BCUT2D eigenvalue weighted by molar-refractivity contribution is 5.76. The number of hydrazine groups is 1. The number of hydrogen-bond acceptors (Lipinski definition) is 6. The molecular formula is C16H38N4O2. The summed E-state index contributed by atoms with van der Waals surface area (Å²) in [5.74, 6) is 4.87. The number of aliphatic hydroxyl groups is 1.